The Labute approximate surface area is 238 Å². The van der Waals surface area contributed by atoms with E-state index in [4.69, 9.17) is 9.84 Å². The molecule has 3 atom stereocenters. The second kappa shape index (κ2) is 16.0. The van der Waals surface area contributed by atoms with Crippen molar-refractivity contribution in [2.24, 2.45) is 17.8 Å². The molecule has 0 aliphatic heterocycles. The van der Waals surface area contributed by atoms with Gasteiger partial charge in [0, 0.05) is 18.4 Å². The number of nitrogens with zero attached hydrogens (tertiary/aromatic N) is 1. The summed E-state index contributed by atoms with van der Waals surface area (Å²) >= 11 is 0. The third-order valence-corrected chi connectivity index (χ3v) is 10.7. The number of benzene rings is 1. The van der Waals surface area contributed by atoms with Crippen LogP contribution in [0.25, 0.3) is 0 Å². The van der Waals surface area contributed by atoms with Crippen molar-refractivity contribution in [2.75, 3.05) is 19.7 Å². The summed E-state index contributed by atoms with van der Waals surface area (Å²) < 4.78 is 17.5. The Morgan fingerprint density at radius 2 is 1.49 bits per heavy atom. The first-order chi connectivity index (χ1) is 19.1. The van der Waals surface area contributed by atoms with Gasteiger partial charge < -0.3 is 9.84 Å². The summed E-state index contributed by atoms with van der Waals surface area (Å²) in [7, 11) is -1.63. The second-order valence-corrected chi connectivity index (χ2v) is 13.5. The fourth-order valence-electron chi connectivity index (χ4n) is 7.79. The van der Waals surface area contributed by atoms with Crippen molar-refractivity contribution in [3.63, 3.8) is 0 Å². The van der Waals surface area contributed by atoms with E-state index in [-0.39, 0.29) is 17.8 Å². The average Bonchev–Trinajstić information content (AvgIpc) is 2.98. The zero-order chi connectivity index (χ0) is 27.5. The minimum Gasteiger partial charge on any atom is -0.466 e. The molecule has 218 valence electrons. The molecule has 0 heterocycles. The molecule has 0 aromatic heterocycles. The topological polar surface area (TPSA) is 66.8 Å². The van der Waals surface area contributed by atoms with Gasteiger partial charge in [0.25, 0.3) is 0 Å². The molecule has 0 radical (unpaired) electrons. The highest BCUT2D eigenvalue weighted by atomic mass is 32.2. The number of ether oxygens (including phenoxy) is 1. The van der Waals surface area contributed by atoms with E-state index >= 15 is 0 Å². The molecule has 0 saturated heterocycles. The van der Waals surface area contributed by atoms with E-state index in [1.807, 2.05) is 24.4 Å². The van der Waals surface area contributed by atoms with Gasteiger partial charge in [-0.1, -0.05) is 82.8 Å². The Hall–Kier alpha value is -1.59. The number of aliphatic hydroxyl groups is 1. The molecule has 6 heteroatoms. The Balaban J connectivity index is 1.59. The molecule has 0 bridgehead atoms. The monoisotopic (exact) mass is 557 g/mol. The summed E-state index contributed by atoms with van der Waals surface area (Å²) in [5, 5.41) is 11.0. The minimum atomic E-state index is -1.63. The maximum atomic E-state index is 12.7. The van der Waals surface area contributed by atoms with Crippen LogP contribution in [0, 0.1) is 23.1 Å². The summed E-state index contributed by atoms with van der Waals surface area (Å²) in [5.74, 6) is 2.10. The van der Waals surface area contributed by atoms with Crippen LogP contribution < -0.4 is 0 Å². The molecule has 3 fully saturated rings. The van der Waals surface area contributed by atoms with Gasteiger partial charge in [-0.05, 0) is 81.1 Å². The number of carbonyl (C=O) groups is 1. The smallest absolute Gasteiger partial charge is 0.306 e. The van der Waals surface area contributed by atoms with Gasteiger partial charge in [0.2, 0.25) is 0 Å². The lowest BCUT2D eigenvalue weighted by Crippen LogP contribution is -2.46. The Morgan fingerprint density at radius 3 is 2.03 bits per heavy atom. The fourth-order valence-corrected chi connectivity index (χ4v) is 8.28. The number of esters is 1. The van der Waals surface area contributed by atoms with Crippen molar-refractivity contribution >= 4 is 16.2 Å². The van der Waals surface area contributed by atoms with Crippen LogP contribution in [0.5, 0.6) is 0 Å². The van der Waals surface area contributed by atoms with Crippen molar-refractivity contribution in [2.45, 2.75) is 127 Å². The molecular formula is C33H51NO4S. The summed E-state index contributed by atoms with van der Waals surface area (Å²) in [4.78, 5) is 16.1. The molecule has 4 rings (SSSR count). The van der Waals surface area contributed by atoms with Gasteiger partial charge in [-0.25, -0.2) is 4.21 Å². The molecule has 5 nitrogen and oxygen atoms in total. The summed E-state index contributed by atoms with van der Waals surface area (Å²) in [5.41, 5.74) is 1.22. The van der Waals surface area contributed by atoms with Crippen LogP contribution in [-0.4, -0.2) is 45.9 Å². The molecule has 1 aromatic carbocycles. The SMILES string of the molecule is CCOC(=O)CC1CCCC(N(CCC2CCCCC2)CCC2CCCCC2)C1c1ccc(S(=O)#CO)cc1. The van der Waals surface area contributed by atoms with Crippen molar-refractivity contribution in [1.29, 1.82) is 0 Å². The van der Waals surface area contributed by atoms with E-state index in [1.54, 1.807) is 0 Å². The average molecular weight is 558 g/mol. The molecule has 3 saturated carbocycles. The van der Waals surface area contributed by atoms with Crippen molar-refractivity contribution < 1.29 is 18.8 Å². The van der Waals surface area contributed by atoms with Crippen LogP contribution in [0.3, 0.4) is 0 Å². The molecule has 3 aliphatic carbocycles. The largest absolute Gasteiger partial charge is 0.466 e. The molecular weight excluding hydrogens is 506 g/mol. The standard InChI is InChI=1S/C33H51NO4S/c1-2-38-32(36)24-29-14-9-15-31(33(29)28-16-18-30(19-17-28)39(37)25-35)34(22-20-26-10-5-3-6-11-26)23-21-27-12-7-4-8-13-27/h16-19,26-27,29,31,33,35H,2-15,20-24H2,1H3. The van der Waals surface area contributed by atoms with Gasteiger partial charge in [-0.15, -0.1) is 0 Å². The van der Waals surface area contributed by atoms with E-state index in [2.05, 4.69) is 17.0 Å². The van der Waals surface area contributed by atoms with Crippen LogP contribution in [0.2, 0.25) is 0 Å². The van der Waals surface area contributed by atoms with Crippen LogP contribution >= 0.6 is 0 Å². The molecule has 1 aromatic rings. The third kappa shape index (κ3) is 8.95. The van der Waals surface area contributed by atoms with Gasteiger partial charge >= 0.3 is 5.97 Å². The van der Waals surface area contributed by atoms with E-state index < -0.39 is 10.2 Å². The molecule has 39 heavy (non-hydrogen) atoms. The molecule has 3 aliphatic rings. The molecule has 3 unspecified atom stereocenters. The Morgan fingerprint density at radius 1 is 0.897 bits per heavy atom. The van der Waals surface area contributed by atoms with E-state index in [0.717, 1.165) is 44.2 Å². The summed E-state index contributed by atoms with van der Waals surface area (Å²) in [6.07, 6.45) is 20.2. The lowest BCUT2D eigenvalue weighted by Gasteiger charge is -2.45. The summed E-state index contributed by atoms with van der Waals surface area (Å²) in [6, 6.07) is 8.27. The van der Waals surface area contributed by atoms with Crippen molar-refractivity contribution in [3.05, 3.63) is 29.8 Å². The van der Waals surface area contributed by atoms with Gasteiger partial charge in [-0.2, -0.15) is 0 Å². The normalized spacial score (nSPS) is 24.8. The number of carbonyl (C=O) groups excluding carboxylic acids is 1. The van der Waals surface area contributed by atoms with E-state index in [9.17, 15) is 9.00 Å². The van der Waals surface area contributed by atoms with Crippen molar-refractivity contribution in [1.82, 2.24) is 4.90 Å². The zero-order valence-corrected chi connectivity index (χ0v) is 25.0. The predicted octanol–water partition coefficient (Wildman–Crippen LogP) is 7.53. The van der Waals surface area contributed by atoms with Crippen LogP contribution in [-0.2, 0) is 19.7 Å². The van der Waals surface area contributed by atoms with Crippen molar-refractivity contribution in [3.8, 4) is 5.37 Å². The molecule has 1 N–H and O–H groups in total. The van der Waals surface area contributed by atoms with Crippen LogP contribution in [0.15, 0.2) is 29.2 Å². The van der Waals surface area contributed by atoms with E-state index in [0.29, 0.717) is 24.0 Å². The molecule has 0 amide bonds. The third-order valence-electron chi connectivity index (χ3n) is 9.86. The van der Waals surface area contributed by atoms with Gasteiger partial charge in [0.15, 0.2) is 0 Å². The lowest BCUT2D eigenvalue weighted by atomic mass is 9.70. The first-order valence-electron chi connectivity index (χ1n) is 15.9. The number of rotatable bonds is 11. The predicted molar refractivity (Wildman–Crippen MR) is 158 cm³/mol. The summed E-state index contributed by atoms with van der Waals surface area (Å²) in [6.45, 7) is 4.61. The first kappa shape index (κ1) is 30.4. The molecule has 0 spiro atoms. The maximum Gasteiger partial charge on any atom is 0.306 e. The van der Waals surface area contributed by atoms with Crippen LogP contribution in [0.4, 0.5) is 0 Å². The zero-order valence-electron chi connectivity index (χ0n) is 24.2. The lowest BCUT2D eigenvalue weighted by molar-refractivity contribution is -0.144. The number of aliphatic hydroxyl groups excluding tert-OH is 1. The number of hydrogen-bond donors (Lipinski definition) is 1. The van der Waals surface area contributed by atoms with Gasteiger partial charge in [0.05, 0.1) is 27.1 Å². The Bertz CT molecular complexity index is 999. The highest BCUT2D eigenvalue weighted by Crippen LogP contribution is 2.43. The highest BCUT2D eigenvalue weighted by molar-refractivity contribution is 7.74. The van der Waals surface area contributed by atoms with Crippen LogP contribution in [0.1, 0.15) is 121 Å². The van der Waals surface area contributed by atoms with Gasteiger partial charge in [-0.3, -0.25) is 9.69 Å². The first-order valence-corrected chi connectivity index (χ1v) is 17.0. The maximum absolute atomic E-state index is 12.7. The van der Waals surface area contributed by atoms with E-state index in [1.165, 1.54) is 82.6 Å². The minimum absolute atomic E-state index is 0.0914. The second-order valence-electron chi connectivity index (χ2n) is 12.3. The fraction of sp³-hybridized carbons (Fsp3) is 0.758. The highest BCUT2D eigenvalue weighted by Gasteiger charge is 2.39. The van der Waals surface area contributed by atoms with Gasteiger partial charge in [0.1, 0.15) is 0 Å². The quantitative estimate of drug-likeness (QED) is 0.285. The Kier molecular flexibility index (Phi) is 12.5. The number of hydrogen-bond acceptors (Lipinski definition) is 5.